The van der Waals surface area contributed by atoms with Crippen LogP contribution in [0.2, 0.25) is 0 Å². The quantitative estimate of drug-likeness (QED) is 0.156. The maximum atomic E-state index is 2.21. The van der Waals surface area contributed by atoms with Crippen LogP contribution in [0.4, 0.5) is 0 Å². The van der Waals surface area contributed by atoms with Crippen molar-refractivity contribution in [3.05, 3.63) is 200 Å². The average Bonchev–Trinajstić information content (AvgIpc) is 3.35. The Labute approximate surface area is 368 Å². The van der Waals surface area contributed by atoms with Gasteiger partial charge in [-0.2, -0.15) is 0 Å². The van der Waals surface area contributed by atoms with E-state index in [1.54, 1.807) is 0 Å². The highest BCUT2D eigenvalue weighted by Crippen LogP contribution is 2.30. The summed E-state index contributed by atoms with van der Waals surface area (Å²) in [6.07, 6.45) is 3.75. The van der Waals surface area contributed by atoms with Gasteiger partial charge in [0.25, 0.3) is 0 Å². The zero-order valence-electron chi connectivity index (χ0n) is 41.1. The maximum Gasteiger partial charge on any atom is 0.166 e. The molecule has 0 bridgehead atoms. The second-order valence-corrected chi connectivity index (χ2v) is 11.9. The number of benzene rings is 6. The SMILES string of the molecule is CC.CC.CC.CC.CC.CC.CCC.CCC.CCC.c1ccc([S+](c2ccccc2)c2ccccc2)cc1.c1ccccc1.c1ccccc1.c1ccccc1. The normalized spacial score (nSPS) is 7.50. The van der Waals surface area contributed by atoms with Crippen molar-refractivity contribution >= 4 is 10.9 Å². The lowest BCUT2D eigenvalue weighted by molar-refractivity contribution is 1.09. The van der Waals surface area contributed by atoms with Gasteiger partial charge in [0.05, 0.1) is 10.9 Å². The lowest BCUT2D eigenvalue weighted by Gasteiger charge is -2.07. The van der Waals surface area contributed by atoms with Crippen LogP contribution in [0.5, 0.6) is 0 Å². The second kappa shape index (κ2) is 73.7. The first-order valence-corrected chi connectivity index (χ1v) is 23.8. The van der Waals surface area contributed by atoms with Gasteiger partial charge >= 0.3 is 0 Å². The van der Waals surface area contributed by atoms with E-state index >= 15 is 0 Å². The highest BCUT2D eigenvalue weighted by Gasteiger charge is 2.27. The maximum absolute atomic E-state index is 2.21. The predicted molar refractivity (Wildman–Crippen MR) is 277 cm³/mol. The second-order valence-electron chi connectivity index (χ2n) is 9.83. The van der Waals surface area contributed by atoms with Crippen molar-refractivity contribution in [3.63, 3.8) is 0 Å². The largest absolute Gasteiger partial charge is 0.166 e. The van der Waals surface area contributed by atoms with Crippen LogP contribution in [0.15, 0.2) is 215 Å². The van der Waals surface area contributed by atoms with Crippen molar-refractivity contribution in [2.24, 2.45) is 0 Å². The van der Waals surface area contributed by atoms with Crippen molar-refractivity contribution < 1.29 is 0 Å². The van der Waals surface area contributed by atoms with Crippen molar-refractivity contribution in [1.82, 2.24) is 0 Å². The van der Waals surface area contributed by atoms with Crippen LogP contribution in [0, 0.1) is 0 Å². The molecule has 1 heteroatoms. The summed E-state index contributed by atoms with van der Waals surface area (Å²) in [6, 6.07) is 68.2. The summed E-state index contributed by atoms with van der Waals surface area (Å²) in [6.45, 7) is 36.8. The van der Waals surface area contributed by atoms with Crippen LogP contribution in [0.25, 0.3) is 0 Å². The van der Waals surface area contributed by atoms with E-state index in [0.717, 1.165) is 0 Å². The Kier molecular flexibility index (Phi) is 86.9. The molecule has 0 aliphatic rings. The summed E-state index contributed by atoms with van der Waals surface area (Å²) >= 11 is 0. The van der Waals surface area contributed by atoms with Crippen LogP contribution < -0.4 is 0 Å². The molecule has 0 spiro atoms. The van der Waals surface area contributed by atoms with Gasteiger partial charge in [-0.1, -0.05) is 308 Å². The van der Waals surface area contributed by atoms with Crippen molar-refractivity contribution in [2.45, 2.75) is 159 Å². The van der Waals surface area contributed by atoms with Crippen LogP contribution in [0.1, 0.15) is 144 Å². The lowest BCUT2D eigenvalue weighted by Crippen LogP contribution is -2.04. The molecule has 326 valence electrons. The van der Waals surface area contributed by atoms with E-state index in [-0.39, 0.29) is 10.9 Å². The summed E-state index contributed by atoms with van der Waals surface area (Å²) in [5, 5.41) is 0. The van der Waals surface area contributed by atoms with E-state index < -0.39 is 0 Å². The van der Waals surface area contributed by atoms with Gasteiger partial charge in [-0.25, -0.2) is 0 Å². The van der Waals surface area contributed by atoms with Gasteiger partial charge in [0, 0.05) is 0 Å². The summed E-state index contributed by atoms with van der Waals surface area (Å²) < 4.78 is 0. The molecule has 6 rings (SSSR count). The van der Waals surface area contributed by atoms with Crippen LogP contribution >= 0.6 is 0 Å². The fourth-order valence-electron chi connectivity index (χ4n) is 3.23. The molecule has 0 aliphatic heterocycles. The third-order valence-electron chi connectivity index (χ3n) is 4.94. The van der Waals surface area contributed by atoms with Crippen molar-refractivity contribution in [3.8, 4) is 0 Å². The molecule has 0 aromatic heterocycles. The molecule has 0 aliphatic carbocycles. The minimum absolute atomic E-state index is 0.0146. The Morgan fingerprint density at radius 1 is 0.207 bits per heavy atom. The molecule has 0 fully saturated rings. The molecule has 0 amide bonds. The van der Waals surface area contributed by atoms with Crippen LogP contribution in [0.3, 0.4) is 0 Å². The molecule has 0 atom stereocenters. The van der Waals surface area contributed by atoms with Gasteiger partial charge in [0.1, 0.15) is 0 Å². The highest BCUT2D eigenvalue weighted by molar-refractivity contribution is 7.97. The third kappa shape index (κ3) is 53.8. The average molecular weight is 810 g/mol. The Hall–Kier alpha value is -4.33. The third-order valence-corrected chi connectivity index (χ3v) is 7.17. The zero-order valence-corrected chi connectivity index (χ0v) is 41.9. The molecule has 0 saturated heterocycles. The number of hydrogen-bond acceptors (Lipinski definition) is 0. The first-order chi connectivity index (χ1) is 28.7. The van der Waals surface area contributed by atoms with E-state index in [0.29, 0.717) is 0 Å². The smallest absolute Gasteiger partial charge is 0.0683 e. The Morgan fingerprint density at radius 2 is 0.293 bits per heavy atom. The van der Waals surface area contributed by atoms with Crippen molar-refractivity contribution in [2.75, 3.05) is 0 Å². The lowest BCUT2D eigenvalue weighted by atomic mass is 10.4. The van der Waals surface area contributed by atoms with E-state index in [2.05, 4.69) is 133 Å². The predicted octanol–water partition coefficient (Wildman–Crippen LogP) is 20.2. The number of rotatable bonds is 3. The molecule has 6 aromatic rings. The van der Waals surface area contributed by atoms with E-state index in [1.165, 1.54) is 33.9 Å². The van der Waals surface area contributed by atoms with Gasteiger partial charge in [-0.05, 0) is 36.4 Å². The van der Waals surface area contributed by atoms with E-state index in [9.17, 15) is 0 Å². The first-order valence-electron chi connectivity index (χ1n) is 22.6. The Morgan fingerprint density at radius 3 is 0.397 bits per heavy atom. The standard InChI is InChI=1S/C18H15S.3C6H6.3C3H8.6C2H6/c1-4-10-16(11-5-1)19(17-12-6-2-7-13-17)18-14-8-3-9-15-18;3*1-2-4-6-5-3-1;3*1-3-2;6*1-2/h1-15H;3*1-6H;3*3H2,1-2H3;6*1-2H3/q+1;;;;;;;;;;;;. The molecule has 0 heterocycles. The minimum Gasteiger partial charge on any atom is -0.0683 e. The summed E-state index contributed by atoms with van der Waals surface area (Å²) in [5.74, 6) is 0. The van der Waals surface area contributed by atoms with Gasteiger partial charge in [-0.15, -0.1) is 0 Å². The fraction of sp³-hybridized carbons (Fsp3) is 0.368. The van der Waals surface area contributed by atoms with E-state index in [1.807, 2.05) is 192 Å². The summed E-state index contributed by atoms with van der Waals surface area (Å²) in [5.41, 5.74) is 0. The molecule has 0 radical (unpaired) electrons. The van der Waals surface area contributed by atoms with Gasteiger partial charge in [0.15, 0.2) is 14.7 Å². The monoisotopic (exact) mass is 810 g/mol. The fourth-order valence-corrected chi connectivity index (χ4v) is 5.34. The van der Waals surface area contributed by atoms with Gasteiger partial charge in [-0.3, -0.25) is 0 Å². The Bertz CT molecular complexity index is 1070. The number of hydrogen-bond donors (Lipinski definition) is 0. The molecule has 0 nitrogen and oxygen atoms in total. The van der Waals surface area contributed by atoms with Crippen LogP contribution in [-0.2, 0) is 10.9 Å². The highest BCUT2D eigenvalue weighted by atomic mass is 32.2. The summed E-state index contributed by atoms with van der Waals surface area (Å²) in [4.78, 5) is 4.08. The molecule has 0 N–H and O–H groups in total. The molecule has 0 unspecified atom stereocenters. The Balaban J connectivity index is -0.000000112. The molecule has 6 aromatic carbocycles. The molecular weight excluding hydrogens is 717 g/mol. The summed E-state index contributed by atoms with van der Waals surface area (Å²) in [7, 11) is -0.0146. The topological polar surface area (TPSA) is 0 Å². The minimum atomic E-state index is -0.0146. The zero-order chi connectivity index (χ0) is 45.8. The van der Waals surface area contributed by atoms with E-state index in [4.69, 9.17) is 0 Å². The molecule has 0 saturated carbocycles. The first kappa shape index (κ1) is 68.4. The molecular formula is C57H93S+. The van der Waals surface area contributed by atoms with Gasteiger partial charge in [0.2, 0.25) is 0 Å². The van der Waals surface area contributed by atoms with Crippen LogP contribution in [-0.4, -0.2) is 0 Å². The van der Waals surface area contributed by atoms with Gasteiger partial charge < -0.3 is 0 Å². The molecule has 58 heavy (non-hydrogen) atoms. The van der Waals surface area contributed by atoms with Crippen molar-refractivity contribution in [1.29, 1.82) is 0 Å².